The second-order valence-corrected chi connectivity index (χ2v) is 6.64. The van der Waals surface area contributed by atoms with E-state index < -0.39 is 12.6 Å². The Morgan fingerprint density at radius 1 is 0.867 bits per heavy atom. The second-order valence-electron chi connectivity index (χ2n) is 6.64. The van der Waals surface area contributed by atoms with Gasteiger partial charge in [-0.25, -0.2) is 4.39 Å². The number of nitrogens with one attached hydrogen (secondary N) is 2. The van der Waals surface area contributed by atoms with Crippen molar-refractivity contribution in [1.29, 1.82) is 0 Å². The number of alkyl halides is 1. The summed E-state index contributed by atoms with van der Waals surface area (Å²) in [5.41, 5.74) is 3.89. The SMILES string of the molecule is O=C(CF)Nc1ccccc1-c1cccc(NC(=O)c2ccnc3ccccc23)c1. The fourth-order valence-corrected chi connectivity index (χ4v) is 3.28. The molecule has 0 aliphatic heterocycles. The van der Waals surface area contributed by atoms with Crippen molar-refractivity contribution in [1.82, 2.24) is 4.98 Å². The first-order valence-corrected chi connectivity index (χ1v) is 9.36. The maximum atomic E-state index is 12.9. The summed E-state index contributed by atoms with van der Waals surface area (Å²) in [6.45, 7) is -1.09. The average molecular weight is 399 g/mol. The van der Waals surface area contributed by atoms with Crippen molar-refractivity contribution < 1.29 is 14.0 Å². The summed E-state index contributed by atoms with van der Waals surface area (Å²) in [6, 6.07) is 23.5. The van der Waals surface area contributed by atoms with E-state index in [0.29, 0.717) is 16.9 Å². The Hall–Kier alpha value is -4.06. The molecule has 1 aromatic heterocycles. The number of para-hydroxylation sites is 2. The molecule has 30 heavy (non-hydrogen) atoms. The monoisotopic (exact) mass is 399 g/mol. The fourth-order valence-electron chi connectivity index (χ4n) is 3.28. The van der Waals surface area contributed by atoms with Gasteiger partial charge in [-0.3, -0.25) is 14.6 Å². The molecule has 0 unspecified atom stereocenters. The topological polar surface area (TPSA) is 71.1 Å². The van der Waals surface area contributed by atoms with Gasteiger partial charge in [-0.1, -0.05) is 48.5 Å². The van der Waals surface area contributed by atoms with Crippen LogP contribution in [-0.4, -0.2) is 23.5 Å². The fraction of sp³-hybridized carbons (Fsp3) is 0.0417. The molecule has 0 atom stereocenters. The third kappa shape index (κ3) is 4.03. The van der Waals surface area contributed by atoms with E-state index in [2.05, 4.69) is 15.6 Å². The van der Waals surface area contributed by atoms with Gasteiger partial charge < -0.3 is 10.6 Å². The van der Waals surface area contributed by atoms with E-state index in [0.717, 1.165) is 22.0 Å². The van der Waals surface area contributed by atoms with Gasteiger partial charge in [0.2, 0.25) is 0 Å². The third-order valence-electron chi connectivity index (χ3n) is 4.65. The van der Waals surface area contributed by atoms with Crippen LogP contribution in [0.1, 0.15) is 10.4 Å². The Bertz CT molecular complexity index is 1230. The number of carbonyl (C=O) groups excluding carboxylic acids is 2. The number of carbonyl (C=O) groups is 2. The maximum absolute atomic E-state index is 12.9. The van der Waals surface area contributed by atoms with Crippen LogP contribution in [0.5, 0.6) is 0 Å². The zero-order chi connectivity index (χ0) is 20.9. The van der Waals surface area contributed by atoms with Gasteiger partial charge in [0.25, 0.3) is 11.8 Å². The summed E-state index contributed by atoms with van der Waals surface area (Å²) in [5, 5.41) is 6.25. The van der Waals surface area contributed by atoms with E-state index in [1.807, 2.05) is 54.6 Å². The van der Waals surface area contributed by atoms with Crippen LogP contribution in [0.3, 0.4) is 0 Å². The highest BCUT2D eigenvalue weighted by atomic mass is 19.1. The van der Waals surface area contributed by atoms with E-state index >= 15 is 0 Å². The predicted molar refractivity (Wildman–Crippen MR) is 116 cm³/mol. The van der Waals surface area contributed by atoms with Crippen molar-refractivity contribution in [3.05, 3.63) is 90.6 Å². The minimum Gasteiger partial charge on any atom is -0.323 e. The van der Waals surface area contributed by atoms with Crippen molar-refractivity contribution >= 4 is 34.1 Å². The van der Waals surface area contributed by atoms with Crippen molar-refractivity contribution in [2.45, 2.75) is 0 Å². The number of hydrogen-bond donors (Lipinski definition) is 2. The molecular weight excluding hydrogens is 381 g/mol. The number of pyridine rings is 1. The highest BCUT2D eigenvalue weighted by Gasteiger charge is 2.12. The first-order chi connectivity index (χ1) is 14.7. The Labute approximate surface area is 172 Å². The van der Waals surface area contributed by atoms with Crippen molar-refractivity contribution in [3.8, 4) is 11.1 Å². The molecule has 0 aliphatic carbocycles. The molecule has 0 saturated carbocycles. The summed E-state index contributed by atoms with van der Waals surface area (Å²) in [6.07, 6.45) is 1.61. The van der Waals surface area contributed by atoms with E-state index in [1.54, 1.807) is 30.5 Å². The zero-order valence-corrected chi connectivity index (χ0v) is 15.9. The van der Waals surface area contributed by atoms with E-state index in [-0.39, 0.29) is 5.91 Å². The van der Waals surface area contributed by atoms with Gasteiger partial charge in [-0.15, -0.1) is 0 Å². The quantitative estimate of drug-likeness (QED) is 0.493. The minimum atomic E-state index is -1.09. The number of aromatic nitrogens is 1. The van der Waals surface area contributed by atoms with Crippen LogP contribution in [0.15, 0.2) is 85.1 Å². The maximum Gasteiger partial charge on any atom is 0.256 e. The molecule has 0 bridgehead atoms. The summed E-state index contributed by atoms with van der Waals surface area (Å²) in [5.74, 6) is -0.957. The highest BCUT2D eigenvalue weighted by Crippen LogP contribution is 2.30. The molecule has 4 aromatic rings. The van der Waals surface area contributed by atoms with E-state index in [9.17, 15) is 14.0 Å². The van der Waals surface area contributed by atoms with Crippen LogP contribution in [0, 0.1) is 0 Å². The van der Waals surface area contributed by atoms with Crippen LogP contribution >= 0.6 is 0 Å². The summed E-state index contributed by atoms with van der Waals surface area (Å²) < 4.78 is 12.6. The molecule has 0 radical (unpaired) electrons. The number of hydrogen-bond acceptors (Lipinski definition) is 3. The molecule has 5 nitrogen and oxygen atoms in total. The van der Waals surface area contributed by atoms with Gasteiger partial charge in [-0.05, 0) is 35.9 Å². The molecule has 2 amide bonds. The molecular formula is C24H18FN3O2. The summed E-state index contributed by atoms with van der Waals surface area (Å²) >= 11 is 0. The first-order valence-electron chi connectivity index (χ1n) is 9.36. The molecule has 6 heteroatoms. The molecule has 0 spiro atoms. The number of benzene rings is 3. The number of nitrogens with zero attached hydrogens (tertiary/aromatic N) is 1. The van der Waals surface area contributed by atoms with Crippen molar-refractivity contribution in [2.75, 3.05) is 17.3 Å². The molecule has 2 N–H and O–H groups in total. The van der Waals surface area contributed by atoms with Gasteiger partial charge in [-0.2, -0.15) is 0 Å². The van der Waals surface area contributed by atoms with Crippen LogP contribution in [0.4, 0.5) is 15.8 Å². The first kappa shape index (κ1) is 19.3. The van der Waals surface area contributed by atoms with Gasteiger partial charge in [0.15, 0.2) is 6.67 Å². The van der Waals surface area contributed by atoms with Gasteiger partial charge in [0.05, 0.1) is 11.1 Å². The van der Waals surface area contributed by atoms with Gasteiger partial charge >= 0.3 is 0 Å². The lowest BCUT2D eigenvalue weighted by Crippen LogP contribution is -2.14. The van der Waals surface area contributed by atoms with Crippen LogP contribution < -0.4 is 10.6 Å². The Morgan fingerprint density at radius 2 is 1.67 bits per heavy atom. The Balaban J connectivity index is 1.63. The van der Waals surface area contributed by atoms with Crippen LogP contribution in [0.2, 0.25) is 0 Å². The Morgan fingerprint density at radius 3 is 2.53 bits per heavy atom. The highest BCUT2D eigenvalue weighted by molar-refractivity contribution is 6.12. The smallest absolute Gasteiger partial charge is 0.256 e. The lowest BCUT2D eigenvalue weighted by molar-refractivity contribution is -0.117. The standard InChI is InChI=1S/C24H18FN3O2/c25-15-23(29)28-22-11-4-1-8-18(22)16-6-5-7-17(14-16)27-24(30)20-12-13-26-21-10-3-2-9-19(20)21/h1-14H,15H2,(H,27,30)(H,28,29). The summed E-state index contributed by atoms with van der Waals surface area (Å²) in [4.78, 5) is 28.7. The third-order valence-corrected chi connectivity index (χ3v) is 4.65. The Kier molecular flexibility index (Phi) is 5.48. The van der Waals surface area contributed by atoms with Crippen LogP contribution in [-0.2, 0) is 4.79 Å². The van der Waals surface area contributed by atoms with Gasteiger partial charge in [0.1, 0.15) is 0 Å². The number of halogens is 1. The largest absolute Gasteiger partial charge is 0.323 e. The lowest BCUT2D eigenvalue weighted by Gasteiger charge is -2.12. The zero-order valence-electron chi connectivity index (χ0n) is 15.9. The number of amides is 2. The molecule has 148 valence electrons. The average Bonchev–Trinajstić information content (AvgIpc) is 2.79. The molecule has 0 aliphatic rings. The second kappa shape index (κ2) is 8.53. The van der Waals surface area contributed by atoms with Crippen LogP contribution in [0.25, 0.3) is 22.0 Å². The van der Waals surface area contributed by atoms with Crippen molar-refractivity contribution in [2.24, 2.45) is 0 Å². The number of fused-ring (bicyclic) bond motifs is 1. The number of rotatable bonds is 5. The van der Waals surface area contributed by atoms with Gasteiger partial charge in [0, 0.05) is 28.5 Å². The normalized spacial score (nSPS) is 10.6. The van der Waals surface area contributed by atoms with Crippen molar-refractivity contribution in [3.63, 3.8) is 0 Å². The lowest BCUT2D eigenvalue weighted by atomic mass is 10.0. The molecule has 0 saturated heterocycles. The number of anilines is 2. The predicted octanol–water partition coefficient (Wildman–Crippen LogP) is 5.06. The molecule has 3 aromatic carbocycles. The van der Waals surface area contributed by atoms with E-state index in [1.165, 1.54) is 0 Å². The molecule has 0 fully saturated rings. The molecule has 4 rings (SSSR count). The summed E-state index contributed by atoms with van der Waals surface area (Å²) in [7, 11) is 0. The minimum absolute atomic E-state index is 0.246. The molecule has 1 heterocycles. The van der Waals surface area contributed by atoms with E-state index in [4.69, 9.17) is 0 Å².